The van der Waals surface area contributed by atoms with Crippen molar-refractivity contribution in [3.8, 4) is 11.5 Å². The highest BCUT2D eigenvalue weighted by Gasteiger charge is 2.15. The summed E-state index contributed by atoms with van der Waals surface area (Å²) in [6.07, 6.45) is 0. The number of anilines is 3. The van der Waals surface area contributed by atoms with E-state index >= 15 is 0 Å². The van der Waals surface area contributed by atoms with Crippen LogP contribution in [0.2, 0.25) is 0 Å². The molecule has 0 aliphatic heterocycles. The summed E-state index contributed by atoms with van der Waals surface area (Å²) in [4.78, 5) is 25.7. The van der Waals surface area contributed by atoms with Crippen LogP contribution in [0, 0.1) is 13.8 Å². The van der Waals surface area contributed by atoms with Crippen LogP contribution >= 0.6 is 0 Å². The van der Waals surface area contributed by atoms with Gasteiger partial charge in [-0.25, -0.2) is 9.59 Å². The molecule has 0 aromatic heterocycles. The summed E-state index contributed by atoms with van der Waals surface area (Å²) >= 11 is 0. The Morgan fingerprint density at radius 2 is 1.00 bits per heavy atom. The molecule has 5 nitrogen and oxygen atoms in total. The fourth-order valence-corrected chi connectivity index (χ4v) is 3.24. The SMILES string of the molecule is C=C(C)C(=O)Oc1ccc(N(c2ccc(OC(=O)C(=C)C)cc2)c2cc(C)cc(C)c2)cc1. The summed E-state index contributed by atoms with van der Waals surface area (Å²) in [5.74, 6) is -0.0500. The monoisotopic (exact) mass is 441 g/mol. The largest absolute Gasteiger partial charge is 0.423 e. The van der Waals surface area contributed by atoms with Crippen LogP contribution in [0.1, 0.15) is 25.0 Å². The number of carbonyl (C=O) groups excluding carboxylic acids is 2. The van der Waals surface area contributed by atoms with Gasteiger partial charge in [-0.15, -0.1) is 0 Å². The fraction of sp³-hybridized carbons (Fsp3) is 0.143. The summed E-state index contributed by atoms with van der Waals surface area (Å²) in [6.45, 7) is 14.5. The van der Waals surface area contributed by atoms with Gasteiger partial charge in [0.25, 0.3) is 0 Å². The van der Waals surface area contributed by atoms with Crippen molar-refractivity contribution in [2.45, 2.75) is 27.7 Å². The first-order valence-corrected chi connectivity index (χ1v) is 10.5. The van der Waals surface area contributed by atoms with Crippen molar-refractivity contribution in [1.29, 1.82) is 0 Å². The Morgan fingerprint density at radius 3 is 1.33 bits per heavy atom. The van der Waals surface area contributed by atoms with E-state index in [4.69, 9.17) is 9.47 Å². The molecular formula is C28H27NO4. The second-order valence-corrected chi connectivity index (χ2v) is 8.01. The maximum atomic E-state index is 11.8. The molecule has 0 saturated heterocycles. The number of rotatable bonds is 7. The zero-order valence-electron chi connectivity index (χ0n) is 19.3. The first-order chi connectivity index (χ1) is 15.6. The molecule has 0 bridgehead atoms. The van der Waals surface area contributed by atoms with E-state index in [9.17, 15) is 9.59 Å². The summed E-state index contributed by atoms with van der Waals surface area (Å²) in [6, 6.07) is 20.8. The third-order valence-corrected chi connectivity index (χ3v) is 4.77. The molecule has 0 aliphatic carbocycles. The third-order valence-electron chi connectivity index (χ3n) is 4.77. The van der Waals surface area contributed by atoms with Crippen molar-refractivity contribution in [3.63, 3.8) is 0 Å². The number of ether oxygens (including phenoxy) is 2. The minimum atomic E-state index is -0.464. The van der Waals surface area contributed by atoms with Crippen molar-refractivity contribution >= 4 is 29.0 Å². The molecule has 168 valence electrons. The maximum Gasteiger partial charge on any atom is 0.338 e. The van der Waals surface area contributed by atoms with E-state index in [2.05, 4.69) is 50.1 Å². The highest BCUT2D eigenvalue weighted by Crippen LogP contribution is 2.37. The number of hydrogen-bond donors (Lipinski definition) is 0. The van der Waals surface area contributed by atoms with E-state index in [-0.39, 0.29) is 0 Å². The highest BCUT2D eigenvalue weighted by atomic mass is 16.5. The molecular weight excluding hydrogens is 414 g/mol. The van der Waals surface area contributed by atoms with Crippen LogP contribution in [0.3, 0.4) is 0 Å². The molecule has 0 radical (unpaired) electrons. The molecule has 3 rings (SSSR count). The van der Waals surface area contributed by atoms with Gasteiger partial charge in [0.1, 0.15) is 11.5 Å². The second kappa shape index (κ2) is 10.0. The Balaban J connectivity index is 1.99. The summed E-state index contributed by atoms with van der Waals surface area (Å²) in [5.41, 5.74) is 5.67. The molecule has 0 aliphatic rings. The van der Waals surface area contributed by atoms with Gasteiger partial charge in [-0.3, -0.25) is 0 Å². The van der Waals surface area contributed by atoms with Gasteiger partial charge >= 0.3 is 11.9 Å². The number of aryl methyl sites for hydroxylation is 2. The lowest BCUT2D eigenvalue weighted by Gasteiger charge is -2.26. The minimum Gasteiger partial charge on any atom is -0.423 e. The Bertz CT molecular complexity index is 1120. The zero-order valence-corrected chi connectivity index (χ0v) is 19.3. The second-order valence-electron chi connectivity index (χ2n) is 8.01. The van der Waals surface area contributed by atoms with Gasteiger partial charge in [-0.2, -0.15) is 0 Å². The Morgan fingerprint density at radius 1 is 0.636 bits per heavy atom. The molecule has 0 atom stereocenters. The van der Waals surface area contributed by atoms with Crippen molar-refractivity contribution in [1.82, 2.24) is 0 Å². The molecule has 0 fully saturated rings. The van der Waals surface area contributed by atoms with Crippen LogP contribution in [0.25, 0.3) is 0 Å². The lowest BCUT2D eigenvalue weighted by Crippen LogP contribution is -2.12. The maximum absolute atomic E-state index is 11.8. The molecule has 0 unspecified atom stereocenters. The number of carbonyl (C=O) groups is 2. The van der Waals surface area contributed by atoms with E-state index < -0.39 is 11.9 Å². The molecule has 0 heterocycles. The van der Waals surface area contributed by atoms with Crippen LogP contribution in [0.15, 0.2) is 91.0 Å². The summed E-state index contributed by atoms with van der Waals surface area (Å²) < 4.78 is 10.6. The average Bonchev–Trinajstić information content (AvgIpc) is 2.75. The fourth-order valence-electron chi connectivity index (χ4n) is 3.24. The Hall–Kier alpha value is -4.12. The first-order valence-electron chi connectivity index (χ1n) is 10.5. The Labute approximate surface area is 194 Å². The molecule has 0 N–H and O–H groups in total. The van der Waals surface area contributed by atoms with Gasteiger partial charge in [-0.1, -0.05) is 19.2 Å². The standard InChI is InChI=1S/C28H27NO4/c1-18(2)27(30)32-25-11-7-22(8-12-25)29(24-16-20(5)15-21(6)17-24)23-9-13-26(14-10-23)33-28(31)19(3)4/h7-17H,1,3H2,2,4-6H3. The zero-order chi connectivity index (χ0) is 24.1. The van der Waals surface area contributed by atoms with Crippen molar-refractivity contribution in [2.75, 3.05) is 4.90 Å². The summed E-state index contributed by atoms with van der Waals surface area (Å²) in [7, 11) is 0. The van der Waals surface area contributed by atoms with Crippen molar-refractivity contribution in [3.05, 3.63) is 102 Å². The Kier molecular flexibility index (Phi) is 7.13. The number of benzene rings is 3. The van der Waals surface area contributed by atoms with Gasteiger partial charge in [0.2, 0.25) is 0 Å². The number of hydrogen-bond acceptors (Lipinski definition) is 5. The van der Waals surface area contributed by atoms with Gasteiger partial charge < -0.3 is 14.4 Å². The molecule has 0 spiro atoms. The topological polar surface area (TPSA) is 55.8 Å². The van der Waals surface area contributed by atoms with E-state index in [1.54, 1.807) is 38.1 Å². The van der Waals surface area contributed by atoms with Crippen LogP contribution in [-0.4, -0.2) is 11.9 Å². The smallest absolute Gasteiger partial charge is 0.338 e. The lowest BCUT2D eigenvalue weighted by atomic mass is 10.1. The molecule has 33 heavy (non-hydrogen) atoms. The molecule has 5 heteroatoms. The molecule has 0 amide bonds. The van der Waals surface area contributed by atoms with Crippen LogP contribution in [0.4, 0.5) is 17.1 Å². The van der Waals surface area contributed by atoms with E-state index in [0.29, 0.717) is 22.6 Å². The number of esters is 2. The van der Waals surface area contributed by atoms with Gasteiger partial charge in [0.15, 0.2) is 0 Å². The molecule has 0 saturated carbocycles. The molecule has 3 aromatic rings. The summed E-state index contributed by atoms with van der Waals surface area (Å²) in [5, 5.41) is 0. The van der Waals surface area contributed by atoms with E-state index in [0.717, 1.165) is 28.2 Å². The lowest BCUT2D eigenvalue weighted by molar-refractivity contribution is -0.130. The highest BCUT2D eigenvalue weighted by molar-refractivity contribution is 5.89. The van der Waals surface area contributed by atoms with Gasteiger partial charge in [0.05, 0.1) is 0 Å². The van der Waals surface area contributed by atoms with Crippen LogP contribution in [-0.2, 0) is 9.59 Å². The first kappa shape index (κ1) is 23.5. The van der Waals surface area contributed by atoms with E-state index in [1.165, 1.54) is 0 Å². The van der Waals surface area contributed by atoms with Crippen LogP contribution < -0.4 is 14.4 Å². The van der Waals surface area contributed by atoms with Gasteiger partial charge in [0, 0.05) is 28.2 Å². The molecule has 3 aromatic carbocycles. The quantitative estimate of drug-likeness (QED) is 0.231. The predicted molar refractivity (Wildman–Crippen MR) is 131 cm³/mol. The van der Waals surface area contributed by atoms with Crippen molar-refractivity contribution < 1.29 is 19.1 Å². The van der Waals surface area contributed by atoms with Gasteiger partial charge in [-0.05, 0) is 99.5 Å². The van der Waals surface area contributed by atoms with E-state index in [1.807, 2.05) is 24.3 Å². The number of nitrogens with zero attached hydrogens (tertiary/aromatic N) is 1. The normalized spacial score (nSPS) is 10.3. The minimum absolute atomic E-state index is 0.336. The van der Waals surface area contributed by atoms with Crippen LogP contribution in [0.5, 0.6) is 11.5 Å². The average molecular weight is 442 g/mol. The third kappa shape index (κ3) is 5.98. The van der Waals surface area contributed by atoms with Crippen molar-refractivity contribution in [2.24, 2.45) is 0 Å². The predicted octanol–water partition coefficient (Wildman–Crippen LogP) is 6.74.